The third kappa shape index (κ3) is 3.17. The first kappa shape index (κ1) is 12.9. The summed E-state index contributed by atoms with van der Waals surface area (Å²) in [4.78, 5) is 19.7. The maximum absolute atomic E-state index is 11.8. The van der Waals surface area contributed by atoms with Crippen LogP contribution in [0.5, 0.6) is 6.01 Å². The fourth-order valence-corrected chi connectivity index (χ4v) is 1.18. The number of methoxy groups -OCH3 is 1. The smallest absolute Gasteiger partial charge is 0.316 e. The molecule has 0 unspecified atom stereocenters. The van der Waals surface area contributed by atoms with E-state index < -0.39 is 5.41 Å². The van der Waals surface area contributed by atoms with Crippen LogP contribution in [-0.4, -0.2) is 22.9 Å². The monoisotopic (exact) mass is 242 g/mol. The lowest BCUT2D eigenvalue weighted by Gasteiger charge is -2.16. The minimum atomic E-state index is -0.401. The summed E-state index contributed by atoms with van der Waals surface area (Å²) in [6, 6.07) is 0.223. The van der Waals surface area contributed by atoms with E-state index in [1.54, 1.807) is 0 Å². The number of rotatable bonds is 3. The fourth-order valence-electron chi connectivity index (χ4n) is 1.02. The predicted molar refractivity (Wildman–Crippen MR) is 61.8 cm³/mol. The topological polar surface area (TPSA) is 52.1 Å². The van der Waals surface area contributed by atoms with E-state index in [1.165, 1.54) is 13.3 Å². The summed E-state index contributed by atoms with van der Waals surface area (Å²) in [7, 11) is 1.47. The lowest BCUT2D eigenvalue weighted by atomic mass is 9.88. The average molecular weight is 243 g/mol. The van der Waals surface area contributed by atoms with Crippen LogP contribution in [0.2, 0.25) is 5.02 Å². The second-order valence-corrected chi connectivity index (χ2v) is 4.91. The SMILES string of the molecule is COc1ncc(Cl)c(CC(=O)C(C)(C)C)n1. The molecular formula is C11H15ClN2O2. The summed E-state index contributed by atoms with van der Waals surface area (Å²) < 4.78 is 4.88. The maximum Gasteiger partial charge on any atom is 0.316 e. The van der Waals surface area contributed by atoms with Crippen molar-refractivity contribution in [3.63, 3.8) is 0 Å². The Morgan fingerprint density at radius 2 is 2.12 bits per heavy atom. The minimum Gasteiger partial charge on any atom is -0.467 e. The van der Waals surface area contributed by atoms with Gasteiger partial charge in [-0.1, -0.05) is 32.4 Å². The van der Waals surface area contributed by atoms with Gasteiger partial charge in [0.2, 0.25) is 0 Å². The van der Waals surface area contributed by atoms with Gasteiger partial charge in [-0.15, -0.1) is 0 Å². The Bertz CT molecular complexity index is 399. The zero-order chi connectivity index (χ0) is 12.3. The first-order valence-corrected chi connectivity index (χ1v) is 5.31. The Morgan fingerprint density at radius 3 is 2.62 bits per heavy atom. The van der Waals surface area contributed by atoms with Gasteiger partial charge in [-0.2, -0.15) is 4.98 Å². The summed E-state index contributed by atoms with van der Waals surface area (Å²) in [6.45, 7) is 5.59. The third-order valence-electron chi connectivity index (χ3n) is 2.14. The van der Waals surface area contributed by atoms with E-state index in [0.29, 0.717) is 10.7 Å². The van der Waals surface area contributed by atoms with Gasteiger partial charge in [0.15, 0.2) is 0 Å². The van der Waals surface area contributed by atoms with Crippen LogP contribution < -0.4 is 4.74 Å². The van der Waals surface area contributed by atoms with Crippen molar-refractivity contribution in [2.45, 2.75) is 27.2 Å². The molecule has 0 radical (unpaired) electrons. The van der Waals surface area contributed by atoms with Gasteiger partial charge in [0.05, 0.1) is 30.4 Å². The van der Waals surface area contributed by atoms with Crippen LogP contribution in [0.4, 0.5) is 0 Å². The summed E-state index contributed by atoms with van der Waals surface area (Å²) in [5, 5.41) is 0.387. The standard InChI is InChI=1S/C11H15ClN2O2/c1-11(2,3)9(15)5-8-7(12)6-13-10(14-8)16-4/h6H,5H2,1-4H3. The van der Waals surface area contributed by atoms with Crippen molar-refractivity contribution >= 4 is 17.4 Å². The predicted octanol–water partition coefficient (Wildman–Crippen LogP) is 2.30. The first-order valence-electron chi connectivity index (χ1n) is 4.93. The molecule has 1 aromatic heterocycles. The first-order chi connectivity index (χ1) is 7.34. The van der Waals surface area contributed by atoms with Gasteiger partial charge in [0.25, 0.3) is 0 Å². The molecule has 1 heterocycles. The number of hydrogen-bond donors (Lipinski definition) is 0. The Balaban J connectivity index is 2.92. The molecule has 0 saturated carbocycles. The molecule has 0 saturated heterocycles. The number of carbonyl (C=O) groups is 1. The number of hydrogen-bond acceptors (Lipinski definition) is 4. The summed E-state index contributed by atoms with van der Waals surface area (Å²) in [6.07, 6.45) is 1.64. The molecule has 0 N–H and O–H groups in total. The highest BCUT2D eigenvalue weighted by molar-refractivity contribution is 6.31. The second-order valence-electron chi connectivity index (χ2n) is 4.50. The van der Waals surface area contributed by atoms with Crippen LogP contribution in [0.25, 0.3) is 0 Å². The molecule has 0 spiro atoms. The van der Waals surface area contributed by atoms with E-state index in [1.807, 2.05) is 20.8 Å². The molecule has 1 rings (SSSR count). The number of Topliss-reactive ketones (excluding diaryl/α,β-unsaturated/α-hetero) is 1. The molecule has 0 aliphatic heterocycles. The molecule has 1 aromatic rings. The number of aromatic nitrogens is 2. The van der Waals surface area contributed by atoms with Crippen molar-refractivity contribution in [2.75, 3.05) is 7.11 Å². The number of halogens is 1. The van der Waals surface area contributed by atoms with Gasteiger partial charge in [0.1, 0.15) is 5.78 Å². The molecule has 0 aromatic carbocycles. The van der Waals surface area contributed by atoms with Gasteiger partial charge < -0.3 is 4.74 Å². The van der Waals surface area contributed by atoms with Crippen molar-refractivity contribution in [3.8, 4) is 6.01 Å². The van der Waals surface area contributed by atoms with E-state index in [-0.39, 0.29) is 18.2 Å². The van der Waals surface area contributed by atoms with Crippen LogP contribution >= 0.6 is 11.6 Å². The number of nitrogens with zero attached hydrogens (tertiary/aromatic N) is 2. The molecule has 88 valence electrons. The number of ether oxygens (including phenoxy) is 1. The highest BCUT2D eigenvalue weighted by Crippen LogP contribution is 2.21. The Morgan fingerprint density at radius 1 is 1.50 bits per heavy atom. The molecular weight excluding hydrogens is 228 g/mol. The molecule has 0 aliphatic rings. The van der Waals surface area contributed by atoms with E-state index in [2.05, 4.69) is 9.97 Å². The highest BCUT2D eigenvalue weighted by Gasteiger charge is 2.23. The van der Waals surface area contributed by atoms with Crippen LogP contribution in [0.3, 0.4) is 0 Å². The zero-order valence-electron chi connectivity index (χ0n) is 9.87. The molecule has 0 atom stereocenters. The normalized spacial score (nSPS) is 11.3. The van der Waals surface area contributed by atoms with Crippen molar-refractivity contribution in [3.05, 3.63) is 16.9 Å². The largest absolute Gasteiger partial charge is 0.467 e. The van der Waals surface area contributed by atoms with Crippen LogP contribution in [0, 0.1) is 5.41 Å². The van der Waals surface area contributed by atoms with E-state index >= 15 is 0 Å². The van der Waals surface area contributed by atoms with Gasteiger partial charge in [-0.05, 0) is 0 Å². The number of carbonyl (C=O) groups excluding carboxylic acids is 1. The molecule has 4 nitrogen and oxygen atoms in total. The molecule has 0 aliphatic carbocycles. The Labute approximate surface area is 100 Å². The summed E-state index contributed by atoms with van der Waals surface area (Å²) >= 11 is 5.91. The quantitative estimate of drug-likeness (QED) is 0.816. The van der Waals surface area contributed by atoms with Gasteiger partial charge in [-0.25, -0.2) is 4.98 Å². The molecule has 16 heavy (non-hydrogen) atoms. The van der Waals surface area contributed by atoms with Crippen LogP contribution in [0.1, 0.15) is 26.5 Å². The van der Waals surface area contributed by atoms with Crippen molar-refractivity contribution in [1.29, 1.82) is 0 Å². The van der Waals surface area contributed by atoms with Gasteiger partial charge >= 0.3 is 6.01 Å². The van der Waals surface area contributed by atoms with Crippen LogP contribution in [-0.2, 0) is 11.2 Å². The zero-order valence-corrected chi connectivity index (χ0v) is 10.6. The third-order valence-corrected chi connectivity index (χ3v) is 2.46. The molecule has 0 amide bonds. The molecule has 0 fully saturated rings. The average Bonchev–Trinajstić information content (AvgIpc) is 2.19. The van der Waals surface area contributed by atoms with Gasteiger partial charge in [-0.3, -0.25) is 4.79 Å². The van der Waals surface area contributed by atoms with Crippen LogP contribution in [0.15, 0.2) is 6.20 Å². The van der Waals surface area contributed by atoms with Crippen molar-refractivity contribution in [2.24, 2.45) is 5.41 Å². The Kier molecular flexibility index (Phi) is 3.86. The summed E-state index contributed by atoms with van der Waals surface area (Å²) in [5.41, 5.74) is 0.107. The van der Waals surface area contributed by atoms with Gasteiger partial charge in [0, 0.05) is 5.41 Å². The summed E-state index contributed by atoms with van der Waals surface area (Å²) in [5.74, 6) is 0.0788. The Hall–Kier alpha value is -1.16. The van der Waals surface area contributed by atoms with Crippen molar-refractivity contribution < 1.29 is 9.53 Å². The lowest BCUT2D eigenvalue weighted by molar-refractivity contribution is -0.125. The highest BCUT2D eigenvalue weighted by atomic mass is 35.5. The lowest BCUT2D eigenvalue weighted by Crippen LogP contribution is -2.22. The fraction of sp³-hybridized carbons (Fsp3) is 0.545. The number of ketones is 1. The maximum atomic E-state index is 11.8. The molecule has 0 bridgehead atoms. The molecule has 5 heteroatoms. The van der Waals surface area contributed by atoms with E-state index in [9.17, 15) is 4.79 Å². The van der Waals surface area contributed by atoms with E-state index in [0.717, 1.165) is 0 Å². The van der Waals surface area contributed by atoms with E-state index in [4.69, 9.17) is 16.3 Å². The van der Waals surface area contributed by atoms with Crippen molar-refractivity contribution in [1.82, 2.24) is 9.97 Å². The second kappa shape index (κ2) is 4.78. The minimum absolute atomic E-state index is 0.0788.